The minimum Gasteiger partial charge on any atom is -0.338 e. The summed E-state index contributed by atoms with van der Waals surface area (Å²) in [5.74, 6) is 0.275. The van der Waals surface area contributed by atoms with Gasteiger partial charge in [-0.1, -0.05) is 0 Å². The fraction of sp³-hybridized carbons (Fsp3) is 0.900. The zero-order chi connectivity index (χ0) is 10.1. The lowest BCUT2D eigenvalue weighted by atomic mass is 10.1. The highest BCUT2D eigenvalue weighted by Crippen LogP contribution is 2.28. The fourth-order valence-corrected chi connectivity index (χ4v) is 2.31. The molecule has 0 saturated carbocycles. The van der Waals surface area contributed by atoms with Gasteiger partial charge in [0, 0.05) is 19.0 Å². The van der Waals surface area contributed by atoms with Gasteiger partial charge >= 0.3 is 0 Å². The van der Waals surface area contributed by atoms with Gasteiger partial charge in [0.1, 0.15) is 0 Å². The van der Waals surface area contributed by atoms with Gasteiger partial charge in [-0.3, -0.25) is 9.63 Å². The number of nitrogens with zero attached hydrogens (tertiary/aromatic N) is 1. The number of fused-ring (bicyclic) bond motifs is 1. The van der Waals surface area contributed by atoms with Crippen molar-refractivity contribution in [2.24, 2.45) is 0 Å². The molecule has 2 aliphatic rings. The van der Waals surface area contributed by atoms with Gasteiger partial charge in [-0.25, -0.2) is 0 Å². The number of carbonyl (C=O) groups excluding carboxylic acids is 1. The van der Waals surface area contributed by atoms with Gasteiger partial charge in [0.05, 0.1) is 12.1 Å². The van der Waals surface area contributed by atoms with Crippen LogP contribution in [0.1, 0.15) is 33.1 Å². The van der Waals surface area contributed by atoms with Gasteiger partial charge in [0.15, 0.2) is 0 Å². The van der Waals surface area contributed by atoms with E-state index in [9.17, 15) is 4.79 Å². The standard InChI is InChI=1S/C10H18N2O2/c1-7(2)14-11-8-6-10(13)12-5-3-4-9(8)12/h7-9,11H,3-6H2,1-2H3. The number of hydrogen-bond acceptors (Lipinski definition) is 3. The van der Waals surface area contributed by atoms with Crippen LogP contribution in [0.3, 0.4) is 0 Å². The van der Waals surface area contributed by atoms with E-state index in [0.29, 0.717) is 12.5 Å². The Bertz CT molecular complexity index is 230. The predicted octanol–water partition coefficient (Wildman–Crippen LogP) is 0.679. The first-order chi connectivity index (χ1) is 6.68. The molecule has 0 aromatic heterocycles. The zero-order valence-electron chi connectivity index (χ0n) is 8.82. The predicted molar refractivity (Wildman–Crippen MR) is 52.5 cm³/mol. The molecule has 2 unspecified atom stereocenters. The van der Waals surface area contributed by atoms with Crippen LogP contribution >= 0.6 is 0 Å². The van der Waals surface area contributed by atoms with Gasteiger partial charge in [-0.2, -0.15) is 5.48 Å². The Hall–Kier alpha value is -0.610. The fourth-order valence-electron chi connectivity index (χ4n) is 2.31. The van der Waals surface area contributed by atoms with Crippen molar-refractivity contribution in [3.8, 4) is 0 Å². The Kier molecular flexibility index (Phi) is 2.74. The highest BCUT2D eigenvalue weighted by molar-refractivity contribution is 5.80. The molecule has 0 aromatic rings. The molecule has 1 amide bonds. The molecule has 0 bridgehead atoms. The zero-order valence-corrected chi connectivity index (χ0v) is 8.82. The minimum atomic E-state index is 0.167. The van der Waals surface area contributed by atoms with Crippen LogP contribution in [0.25, 0.3) is 0 Å². The summed E-state index contributed by atoms with van der Waals surface area (Å²) in [7, 11) is 0. The van der Waals surface area contributed by atoms with Crippen molar-refractivity contribution >= 4 is 5.91 Å². The molecule has 1 N–H and O–H groups in total. The molecule has 2 rings (SSSR count). The van der Waals surface area contributed by atoms with Gasteiger partial charge < -0.3 is 4.90 Å². The smallest absolute Gasteiger partial charge is 0.224 e. The monoisotopic (exact) mass is 198 g/mol. The normalized spacial score (nSPS) is 31.6. The molecule has 4 nitrogen and oxygen atoms in total. The van der Waals surface area contributed by atoms with E-state index >= 15 is 0 Å². The molecule has 2 atom stereocenters. The number of hydroxylamine groups is 1. The van der Waals surface area contributed by atoms with E-state index in [4.69, 9.17) is 4.84 Å². The Labute approximate surface area is 84.6 Å². The minimum absolute atomic E-state index is 0.167. The number of hydrogen-bond donors (Lipinski definition) is 1. The van der Waals surface area contributed by atoms with Crippen molar-refractivity contribution in [2.45, 2.75) is 51.3 Å². The van der Waals surface area contributed by atoms with Crippen LogP contribution in [0.5, 0.6) is 0 Å². The molecule has 80 valence electrons. The quantitative estimate of drug-likeness (QED) is 0.678. The molecule has 0 radical (unpaired) electrons. The van der Waals surface area contributed by atoms with Gasteiger partial charge in [-0.05, 0) is 26.7 Å². The van der Waals surface area contributed by atoms with Gasteiger partial charge in [0.2, 0.25) is 5.91 Å². The number of amides is 1. The van der Waals surface area contributed by atoms with Crippen molar-refractivity contribution in [3.05, 3.63) is 0 Å². The molecule has 4 heteroatoms. The second-order valence-electron chi connectivity index (χ2n) is 4.39. The van der Waals surface area contributed by atoms with Crippen LogP contribution in [-0.4, -0.2) is 35.5 Å². The molecular formula is C10H18N2O2. The summed E-state index contributed by atoms with van der Waals surface area (Å²) in [4.78, 5) is 18.9. The maximum atomic E-state index is 11.5. The number of rotatable bonds is 3. The van der Waals surface area contributed by atoms with Crippen LogP contribution < -0.4 is 5.48 Å². The summed E-state index contributed by atoms with van der Waals surface area (Å²) in [6, 6.07) is 0.577. The van der Waals surface area contributed by atoms with E-state index in [0.717, 1.165) is 19.4 Å². The summed E-state index contributed by atoms with van der Waals surface area (Å²) in [6.45, 7) is 4.90. The van der Waals surface area contributed by atoms with Crippen LogP contribution in [0, 0.1) is 0 Å². The van der Waals surface area contributed by atoms with Gasteiger partial charge in [0.25, 0.3) is 0 Å². The van der Waals surface area contributed by atoms with E-state index < -0.39 is 0 Å². The van der Waals surface area contributed by atoms with Crippen LogP contribution in [-0.2, 0) is 9.63 Å². The lowest BCUT2D eigenvalue weighted by Crippen LogP contribution is -2.40. The average molecular weight is 198 g/mol. The highest BCUT2D eigenvalue weighted by atomic mass is 16.7. The molecule has 2 aliphatic heterocycles. The van der Waals surface area contributed by atoms with Crippen molar-refractivity contribution in [1.82, 2.24) is 10.4 Å². The van der Waals surface area contributed by atoms with E-state index in [1.807, 2.05) is 18.7 Å². The SMILES string of the molecule is CC(C)ONC1CC(=O)N2CCCC12. The Balaban J connectivity index is 1.90. The Morgan fingerprint density at radius 1 is 1.57 bits per heavy atom. The molecule has 0 aliphatic carbocycles. The van der Waals surface area contributed by atoms with Crippen LogP contribution in [0.4, 0.5) is 0 Å². The summed E-state index contributed by atoms with van der Waals surface area (Å²) in [6.07, 6.45) is 3.01. The average Bonchev–Trinajstić information content (AvgIpc) is 2.67. The van der Waals surface area contributed by atoms with E-state index in [-0.39, 0.29) is 18.1 Å². The van der Waals surface area contributed by atoms with Crippen molar-refractivity contribution < 1.29 is 9.63 Å². The summed E-state index contributed by atoms with van der Waals surface area (Å²) < 4.78 is 0. The number of nitrogens with one attached hydrogen (secondary N) is 1. The van der Waals surface area contributed by atoms with E-state index in [2.05, 4.69) is 5.48 Å². The topological polar surface area (TPSA) is 41.6 Å². The second kappa shape index (κ2) is 3.87. The number of carbonyl (C=O) groups is 1. The van der Waals surface area contributed by atoms with E-state index in [1.54, 1.807) is 0 Å². The second-order valence-corrected chi connectivity index (χ2v) is 4.39. The van der Waals surface area contributed by atoms with Crippen molar-refractivity contribution in [2.75, 3.05) is 6.54 Å². The Morgan fingerprint density at radius 3 is 3.07 bits per heavy atom. The molecule has 2 heterocycles. The molecule has 0 spiro atoms. The third kappa shape index (κ3) is 1.77. The summed E-state index contributed by atoms with van der Waals surface area (Å²) in [5.41, 5.74) is 3.02. The highest BCUT2D eigenvalue weighted by Gasteiger charge is 2.42. The molecule has 14 heavy (non-hydrogen) atoms. The lowest BCUT2D eigenvalue weighted by Gasteiger charge is -2.21. The van der Waals surface area contributed by atoms with Crippen LogP contribution in [0.15, 0.2) is 0 Å². The molecular weight excluding hydrogens is 180 g/mol. The first-order valence-corrected chi connectivity index (χ1v) is 5.39. The molecule has 2 fully saturated rings. The maximum Gasteiger partial charge on any atom is 0.224 e. The first kappa shape index (κ1) is 9.93. The molecule has 2 saturated heterocycles. The maximum absolute atomic E-state index is 11.5. The largest absolute Gasteiger partial charge is 0.338 e. The van der Waals surface area contributed by atoms with Crippen LogP contribution in [0.2, 0.25) is 0 Å². The van der Waals surface area contributed by atoms with Crippen molar-refractivity contribution in [3.63, 3.8) is 0 Å². The third-order valence-corrected chi connectivity index (χ3v) is 2.93. The molecule has 0 aromatic carbocycles. The third-order valence-electron chi connectivity index (χ3n) is 2.93. The Morgan fingerprint density at radius 2 is 2.36 bits per heavy atom. The lowest BCUT2D eigenvalue weighted by molar-refractivity contribution is -0.127. The summed E-state index contributed by atoms with van der Waals surface area (Å²) >= 11 is 0. The summed E-state index contributed by atoms with van der Waals surface area (Å²) in [5, 5.41) is 0. The first-order valence-electron chi connectivity index (χ1n) is 5.39. The van der Waals surface area contributed by atoms with Gasteiger partial charge in [-0.15, -0.1) is 0 Å². The van der Waals surface area contributed by atoms with E-state index in [1.165, 1.54) is 0 Å². The van der Waals surface area contributed by atoms with Crippen molar-refractivity contribution in [1.29, 1.82) is 0 Å².